The van der Waals surface area contributed by atoms with Gasteiger partial charge in [0.15, 0.2) is 6.61 Å². The molecule has 1 aliphatic rings. The molecule has 116 valence electrons. The molecule has 21 heavy (non-hydrogen) atoms. The first-order valence-corrected chi connectivity index (χ1v) is 7.35. The number of likely N-dealkylation sites (tertiary alicyclic amines) is 1. The van der Waals surface area contributed by atoms with E-state index in [1.165, 1.54) is 0 Å². The molecule has 2 atom stereocenters. The Hall–Kier alpha value is -1.30. The zero-order chi connectivity index (χ0) is 15.4. The highest BCUT2D eigenvalue weighted by Crippen LogP contribution is 2.22. The van der Waals surface area contributed by atoms with Gasteiger partial charge < -0.3 is 19.5 Å². The highest BCUT2D eigenvalue weighted by Gasteiger charge is 2.34. The molecule has 1 N–H and O–H groups in total. The van der Waals surface area contributed by atoms with Gasteiger partial charge in [0.25, 0.3) is 5.91 Å². The number of benzene rings is 1. The number of aliphatic hydroxyl groups is 1. The first-order chi connectivity index (χ1) is 10.0. The van der Waals surface area contributed by atoms with Gasteiger partial charge in [-0.3, -0.25) is 4.79 Å². The van der Waals surface area contributed by atoms with E-state index >= 15 is 0 Å². The molecule has 2 rings (SSSR count). The Kier molecular flexibility index (Phi) is 5.45. The van der Waals surface area contributed by atoms with Crippen LogP contribution in [0.15, 0.2) is 18.2 Å². The minimum absolute atomic E-state index is 0.0615. The summed E-state index contributed by atoms with van der Waals surface area (Å²) in [7, 11) is 0. The number of halogens is 1. The zero-order valence-electron chi connectivity index (χ0n) is 12.2. The molecule has 0 unspecified atom stereocenters. The predicted octanol–water partition coefficient (Wildman–Crippen LogP) is 1.64. The van der Waals surface area contributed by atoms with Gasteiger partial charge in [0, 0.05) is 24.7 Å². The second-order valence-electron chi connectivity index (χ2n) is 5.06. The molecule has 5 nitrogen and oxygen atoms in total. The van der Waals surface area contributed by atoms with Crippen LogP contribution in [0.25, 0.3) is 0 Å². The number of β-amino-alcohol motifs (C(OH)–C–C–N with tert-alkyl or cyclic N) is 1. The van der Waals surface area contributed by atoms with Crippen molar-refractivity contribution < 1.29 is 19.4 Å². The van der Waals surface area contributed by atoms with Crippen molar-refractivity contribution in [3.05, 3.63) is 28.8 Å². The third-order valence-electron chi connectivity index (χ3n) is 3.46. The van der Waals surface area contributed by atoms with E-state index in [0.29, 0.717) is 23.9 Å². The number of hydrogen-bond donors (Lipinski definition) is 1. The standard InChI is InChI=1S/C15H20ClNO4/c1-3-20-14-8-17(7-12(14)18)15(19)9-21-13-5-4-11(16)6-10(13)2/h4-6,12,14,18H,3,7-9H2,1-2H3/t12-,14-/m0/s1. The third-order valence-corrected chi connectivity index (χ3v) is 3.69. The summed E-state index contributed by atoms with van der Waals surface area (Å²) in [6.07, 6.45) is -0.942. The molecule has 0 bridgehead atoms. The minimum atomic E-state index is -0.633. The van der Waals surface area contributed by atoms with Crippen molar-refractivity contribution in [3.63, 3.8) is 0 Å². The van der Waals surface area contributed by atoms with Crippen LogP contribution in [0.5, 0.6) is 5.75 Å². The number of aliphatic hydroxyl groups excluding tert-OH is 1. The molecular formula is C15H20ClNO4. The fraction of sp³-hybridized carbons (Fsp3) is 0.533. The minimum Gasteiger partial charge on any atom is -0.483 e. The fourth-order valence-electron chi connectivity index (χ4n) is 2.34. The summed E-state index contributed by atoms with van der Waals surface area (Å²) in [5.41, 5.74) is 0.879. The summed E-state index contributed by atoms with van der Waals surface area (Å²) in [6.45, 7) is 4.88. The zero-order valence-corrected chi connectivity index (χ0v) is 13.0. The monoisotopic (exact) mass is 313 g/mol. The van der Waals surface area contributed by atoms with E-state index in [2.05, 4.69) is 0 Å². The first kappa shape index (κ1) is 16.1. The summed E-state index contributed by atoms with van der Waals surface area (Å²) in [6, 6.07) is 5.25. The molecule has 0 aliphatic carbocycles. The van der Waals surface area contributed by atoms with Crippen LogP contribution in [-0.4, -0.2) is 54.4 Å². The van der Waals surface area contributed by atoms with Gasteiger partial charge in [0.2, 0.25) is 0 Å². The lowest BCUT2D eigenvalue weighted by Gasteiger charge is -2.17. The van der Waals surface area contributed by atoms with Crippen molar-refractivity contribution in [1.29, 1.82) is 0 Å². The van der Waals surface area contributed by atoms with Gasteiger partial charge >= 0.3 is 0 Å². The van der Waals surface area contributed by atoms with Crippen LogP contribution in [0.4, 0.5) is 0 Å². The van der Waals surface area contributed by atoms with E-state index in [1.54, 1.807) is 23.1 Å². The third kappa shape index (κ3) is 4.09. The van der Waals surface area contributed by atoms with Crippen molar-refractivity contribution >= 4 is 17.5 Å². The van der Waals surface area contributed by atoms with Crippen molar-refractivity contribution in [2.45, 2.75) is 26.1 Å². The number of hydrogen-bond acceptors (Lipinski definition) is 4. The van der Waals surface area contributed by atoms with Gasteiger partial charge in [-0.2, -0.15) is 0 Å². The SMILES string of the molecule is CCO[C@H]1CN(C(=O)COc2ccc(Cl)cc2C)C[C@@H]1O. The van der Waals surface area contributed by atoms with Crippen LogP contribution in [-0.2, 0) is 9.53 Å². The first-order valence-electron chi connectivity index (χ1n) is 6.97. The average Bonchev–Trinajstić information content (AvgIpc) is 2.79. The largest absolute Gasteiger partial charge is 0.483 e. The number of amides is 1. The summed E-state index contributed by atoms with van der Waals surface area (Å²) in [5.74, 6) is 0.472. The molecule has 1 heterocycles. The molecule has 0 saturated carbocycles. The van der Waals surface area contributed by atoms with Crippen molar-refractivity contribution in [1.82, 2.24) is 4.90 Å². The molecule has 1 aliphatic heterocycles. The Morgan fingerprint density at radius 2 is 2.24 bits per heavy atom. The maximum Gasteiger partial charge on any atom is 0.260 e. The Morgan fingerprint density at radius 1 is 1.48 bits per heavy atom. The predicted molar refractivity (Wildman–Crippen MR) is 79.7 cm³/mol. The summed E-state index contributed by atoms with van der Waals surface area (Å²) < 4.78 is 10.9. The van der Waals surface area contributed by atoms with Crippen LogP contribution < -0.4 is 4.74 Å². The van der Waals surface area contributed by atoms with Crippen LogP contribution in [0, 0.1) is 6.92 Å². The highest BCUT2D eigenvalue weighted by molar-refractivity contribution is 6.30. The van der Waals surface area contributed by atoms with Crippen LogP contribution in [0.2, 0.25) is 5.02 Å². The summed E-state index contributed by atoms with van der Waals surface area (Å²) >= 11 is 5.87. The van der Waals surface area contributed by atoms with Crippen molar-refractivity contribution in [2.75, 3.05) is 26.3 Å². The number of carbonyl (C=O) groups excluding carboxylic acids is 1. The highest BCUT2D eigenvalue weighted by atomic mass is 35.5. The van der Waals surface area contributed by atoms with Gasteiger partial charge in [0.1, 0.15) is 11.9 Å². The van der Waals surface area contributed by atoms with Gasteiger partial charge in [-0.05, 0) is 37.6 Å². The Balaban J connectivity index is 1.88. The summed E-state index contributed by atoms with van der Waals surface area (Å²) in [5, 5.41) is 10.5. The number of aryl methyl sites for hydroxylation is 1. The van der Waals surface area contributed by atoms with E-state index in [4.69, 9.17) is 21.1 Å². The molecular weight excluding hydrogens is 294 g/mol. The lowest BCUT2D eigenvalue weighted by atomic mass is 10.2. The van der Waals surface area contributed by atoms with E-state index in [0.717, 1.165) is 5.56 Å². The normalized spacial score (nSPS) is 21.6. The van der Waals surface area contributed by atoms with E-state index in [9.17, 15) is 9.90 Å². The molecule has 1 aromatic rings. The second-order valence-corrected chi connectivity index (χ2v) is 5.49. The van der Waals surface area contributed by atoms with Gasteiger partial charge in [-0.1, -0.05) is 11.6 Å². The molecule has 0 spiro atoms. The number of nitrogens with zero attached hydrogens (tertiary/aromatic N) is 1. The molecule has 1 fully saturated rings. The number of ether oxygens (including phenoxy) is 2. The lowest BCUT2D eigenvalue weighted by molar-refractivity contribution is -0.132. The second kappa shape index (κ2) is 7.11. The van der Waals surface area contributed by atoms with Gasteiger partial charge in [0.05, 0.1) is 6.10 Å². The van der Waals surface area contributed by atoms with E-state index in [-0.39, 0.29) is 25.2 Å². The maximum absolute atomic E-state index is 12.1. The summed E-state index contributed by atoms with van der Waals surface area (Å²) in [4.78, 5) is 13.7. The lowest BCUT2D eigenvalue weighted by Crippen LogP contribution is -2.34. The molecule has 1 saturated heterocycles. The molecule has 0 aromatic heterocycles. The van der Waals surface area contributed by atoms with Gasteiger partial charge in [-0.15, -0.1) is 0 Å². The van der Waals surface area contributed by atoms with E-state index < -0.39 is 6.10 Å². The van der Waals surface area contributed by atoms with Crippen LogP contribution in [0.3, 0.4) is 0 Å². The fourth-order valence-corrected chi connectivity index (χ4v) is 2.57. The quantitative estimate of drug-likeness (QED) is 0.897. The number of carbonyl (C=O) groups is 1. The number of rotatable bonds is 5. The average molecular weight is 314 g/mol. The van der Waals surface area contributed by atoms with Crippen molar-refractivity contribution in [3.8, 4) is 5.75 Å². The van der Waals surface area contributed by atoms with Gasteiger partial charge in [-0.25, -0.2) is 0 Å². The van der Waals surface area contributed by atoms with E-state index in [1.807, 2.05) is 13.8 Å². The molecule has 6 heteroatoms. The van der Waals surface area contributed by atoms with Crippen molar-refractivity contribution in [2.24, 2.45) is 0 Å². The molecule has 0 radical (unpaired) electrons. The smallest absolute Gasteiger partial charge is 0.260 e. The Morgan fingerprint density at radius 3 is 2.90 bits per heavy atom. The maximum atomic E-state index is 12.1. The Bertz CT molecular complexity index is 508. The molecule has 1 aromatic carbocycles. The van der Waals surface area contributed by atoms with Crippen LogP contribution >= 0.6 is 11.6 Å². The topological polar surface area (TPSA) is 59.0 Å². The van der Waals surface area contributed by atoms with Crippen LogP contribution in [0.1, 0.15) is 12.5 Å². The Labute approximate surface area is 129 Å². The molecule has 1 amide bonds.